The number of fused-ring (bicyclic) bond motifs is 1. The van der Waals surface area contributed by atoms with Crippen LogP contribution in [0.25, 0.3) is 15.7 Å². The first-order chi connectivity index (χ1) is 8.36. The predicted octanol–water partition coefficient (Wildman–Crippen LogP) is 2.97. The quantitative estimate of drug-likeness (QED) is 0.797. The van der Waals surface area contributed by atoms with Crippen LogP contribution in [0.15, 0.2) is 24.4 Å². The molecule has 1 aliphatic heterocycles. The molecule has 1 fully saturated rings. The first-order valence-corrected chi connectivity index (χ1v) is 6.06. The van der Waals surface area contributed by atoms with Gasteiger partial charge in [0.2, 0.25) is 0 Å². The van der Waals surface area contributed by atoms with Crippen molar-refractivity contribution in [2.75, 3.05) is 19.6 Å². The molecule has 0 amide bonds. The normalized spacial score (nSPS) is 15.7. The van der Waals surface area contributed by atoms with Crippen molar-refractivity contribution in [1.29, 1.82) is 0 Å². The lowest BCUT2D eigenvalue weighted by Gasteiger charge is -2.30. The lowest BCUT2D eigenvalue weighted by Crippen LogP contribution is -2.38. The third kappa shape index (κ3) is 1.92. The van der Waals surface area contributed by atoms with E-state index in [0.29, 0.717) is 5.69 Å². The average Bonchev–Trinajstić information content (AvgIpc) is 2.69. The highest BCUT2D eigenvalue weighted by atomic mass is 15.2. The third-order valence-corrected chi connectivity index (χ3v) is 3.53. The zero-order valence-electron chi connectivity index (χ0n) is 9.74. The fraction of sp³-hybridized carbons (Fsp3) is 0.357. The summed E-state index contributed by atoms with van der Waals surface area (Å²) in [6.45, 7) is 10.7. The summed E-state index contributed by atoms with van der Waals surface area (Å²) in [5.41, 5.74) is 3.15. The zero-order chi connectivity index (χ0) is 11.7. The summed E-state index contributed by atoms with van der Waals surface area (Å²) in [6, 6.07) is 5.89. The van der Waals surface area contributed by atoms with Crippen LogP contribution in [0.4, 0.5) is 5.69 Å². The van der Waals surface area contributed by atoms with Crippen LogP contribution in [0.5, 0.6) is 0 Å². The molecule has 0 atom stereocenters. The molecule has 1 saturated heterocycles. The number of benzene rings is 1. The molecule has 2 heterocycles. The molecule has 0 unspecified atom stereocenters. The minimum absolute atomic E-state index is 0.702. The molecule has 0 bridgehead atoms. The fourth-order valence-corrected chi connectivity index (χ4v) is 2.33. The molecule has 3 rings (SSSR count). The van der Waals surface area contributed by atoms with E-state index < -0.39 is 0 Å². The van der Waals surface area contributed by atoms with Crippen molar-refractivity contribution in [3.05, 3.63) is 41.4 Å². The van der Waals surface area contributed by atoms with Gasteiger partial charge in [0.05, 0.1) is 6.57 Å². The molecule has 2 aromatic rings. The van der Waals surface area contributed by atoms with E-state index in [2.05, 4.69) is 27.0 Å². The van der Waals surface area contributed by atoms with Crippen LogP contribution in [-0.2, 0) is 6.42 Å². The van der Waals surface area contributed by atoms with E-state index >= 15 is 0 Å². The van der Waals surface area contributed by atoms with Gasteiger partial charge in [-0.25, -0.2) is 4.85 Å². The Bertz CT molecular complexity index is 573. The average molecular weight is 225 g/mol. The van der Waals surface area contributed by atoms with Crippen LogP contribution >= 0.6 is 0 Å². The van der Waals surface area contributed by atoms with Gasteiger partial charge in [0, 0.05) is 23.6 Å². The number of hydrogen-bond donors (Lipinski definition) is 1. The van der Waals surface area contributed by atoms with Crippen molar-refractivity contribution < 1.29 is 0 Å². The standard InChI is InChI=1S/C14H15N3/c1-15-12-3-4-13-11(10-16-14(13)9-12)5-8-17-6-2-7-17/h3-4,9-10,16H,2,5-8H2. The minimum atomic E-state index is 0.702. The van der Waals surface area contributed by atoms with Crippen molar-refractivity contribution in [1.82, 2.24) is 9.88 Å². The molecule has 17 heavy (non-hydrogen) atoms. The molecule has 1 aliphatic rings. The molecule has 0 saturated carbocycles. The van der Waals surface area contributed by atoms with Gasteiger partial charge >= 0.3 is 0 Å². The predicted molar refractivity (Wildman–Crippen MR) is 69.3 cm³/mol. The van der Waals surface area contributed by atoms with Gasteiger partial charge in [-0.15, -0.1) is 0 Å². The van der Waals surface area contributed by atoms with Gasteiger partial charge in [-0.2, -0.15) is 0 Å². The highest BCUT2D eigenvalue weighted by Crippen LogP contribution is 2.24. The second-order valence-electron chi connectivity index (χ2n) is 4.60. The number of H-pyrrole nitrogens is 1. The summed E-state index contributed by atoms with van der Waals surface area (Å²) >= 11 is 0. The van der Waals surface area contributed by atoms with Crippen LogP contribution < -0.4 is 0 Å². The largest absolute Gasteiger partial charge is 0.362 e. The smallest absolute Gasteiger partial charge is 0.189 e. The Morgan fingerprint density at radius 3 is 2.94 bits per heavy atom. The van der Waals surface area contributed by atoms with Crippen LogP contribution in [0.1, 0.15) is 12.0 Å². The number of hydrogen-bond acceptors (Lipinski definition) is 1. The molecule has 86 valence electrons. The highest BCUT2D eigenvalue weighted by molar-refractivity contribution is 5.86. The number of nitrogens with one attached hydrogen (secondary N) is 1. The van der Waals surface area contributed by atoms with Crippen LogP contribution in [-0.4, -0.2) is 29.5 Å². The molecule has 1 aromatic heterocycles. The molecular formula is C14H15N3. The fourth-order valence-electron chi connectivity index (χ4n) is 2.33. The molecule has 3 heteroatoms. The van der Waals surface area contributed by atoms with Gasteiger partial charge in [-0.1, -0.05) is 12.1 Å². The highest BCUT2D eigenvalue weighted by Gasteiger charge is 2.13. The van der Waals surface area contributed by atoms with Crippen LogP contribution in [0.2, 0.25) is 0 Å². The maximum atomic E-state index is 7.00. The number of likely N-dealkylation sites (tertiary alicyclic amines) is 1. The van der Waals surface area contributed by atoms with E-state index in [1.54, 1.807) is 0 Å². The van der Waals surface area contributed by atoms with Crippen molar-refractivity contribution >= 4 is 16.6 Å². The Morgan fingerprint density at radius 1 is 1.35 bits per heavy atom. The Balaban J connectivity index is 1.82. The van der Waals surface area contributed by atoms with Gasteiger partial charge in [-0.05, 0) is 37.6 Å². The summed E-state index contributed by atoms with van der Waals surface area (Å²) in [6.07, 6.45) is 4.53. The molecule has 1 aromatic carbocycles. The molecular weight excluding hydrogens is 210 g/mol. The minimum Gasteiger partial charge on any atom is -0.362 e. The van der Waals surface area contributed by atoms with Gasteiger partial charge in [0.15, 0.2) is 5.69 Å². The summed E-state index contributed by atoms with van der Waals surface area (Å²) in [4.78, 5) is 9.19. The Morgan fingerprint density at radius 2 is 2.24 bits per heavy atom. The molecule has 0 radical (unpaired) electrons. The van der Waals surface area contributed by atoms with E-state index in [1.165, 1.54) is 30.5 Å². The molecule has 3 nitrogen and oxygen atoms in total. The van der Waals surface area contributed by atoms with Gasteiger partial charge in [0.1, 0.15) is 0 Å². The third-order valence-electron chi connectivity index (χ3n) is 3.53. The van der Waals surface area contributed by atoms with Gasteiger partial charge in [0.25, 0.3) is 0 Å². The lowest BCUT2D eigenvalue weighted by atomic mass is 10.1. The maximum absolute atomic E-state index is 7.00. The monoisotopic (exact) mass is 225 g/mol. The van der Waals surface area contributed by atoms with E-state index in [-0.39, 0.29) is 0 Å². The second-order valence-corrected chi connectivity index (χ2v) is 4.60. The second kappa shape index (κ2) is 4.23. The van der Waals surface area contributed by atoms with Gasteiger partial charge < -0.3 is 9.88 Å². The Kier molecular flexibility index (Phi) is 2.58. The van der Waals surface area contributed by atoms with Crippen LogP contribution in [0, 0.1) is 6.57 Å². The zero-order valence-corrected chi connectivity index (χ0v) is 9.74. The number of aromatic nitrogens is 1. The molecule has 1 N–H and O–H groups in total. The Hall–Kier alpha value is -1.79. The van der Waals surface area contributed by atoms with E-state index in [0.717, 1.165) is 18.5 Å². The molecule has 0 spiro atoms. The summed E-state index contributed by atoms with van der Waals surface area (Å²) in [7, 11) is 0. The topological polar surface area (TPSA) is 23.4 Å². The number of nitrogens with zero attached hydrogens (tertiary/aromatic N) is 2. The lowest BCUT2D eigenvalue weighted by molar-refractivity contribution is 0.184. The molecule has 0 aliphatic carbocycles. The van der Waals surface area contributed by atoms with E-state index in [9.17, 15) is 0 Å². The van der Waals surface area contributed by atoms with E-state index in [4.69, 9.17) is 6.57 Å². The SMILES string of the molecule is [C-]#[N+]c1ccc2c(CCN3CCC3)c[nH]c2c1. The van der Waals surface area contributed by atoms with E-state index in [1.807, 2.05) is 12.1 Å². The van der Waals surface area contributed by atoms with Gasteiger partial charge in [-0.3, -0.25) is 0 Å². The summed E-state index contributed by atoms with van der Waals surface area (Å²) < 4.78 is 0. The van der Waals surface area contributed by atoms with Crippen molar-refractivity contribution in [3.8, 4) is 0 Å². The maximum Gasteiger partial charge on any atom is 0.189 e. The number of aromatic amines is 1. The number of rotatable bonds is 3. The van der Waals surface area contributed by atoms with Crippen molar-refractivity contribution in [3.63, 3.8) is 0 Å². The summed E-state index contributed by atoms with van der Waals surface area (Å²) in [5.74, 6) is 0. The van der Waals surface area contributed by atoms with Crippen molar-refractivity contribution in [2.24, 2.45) is 0 Å². The Labute approximate surface area is 101 Å². The summed E-state index contributed by atoms with van der Waals surface area (Å²) in [5, 5.41) is 1.26. The first-order valence-electron chi connectivity index (χ1n) is 6.06. The van der Waals surface area contributed by atoms with Crippen molar-refractivity contribution in [2.45, 2.75) is 12.8 Å². The first kappa shape index (κ1) is 10.4. The van der Waals surface area contributed by atoms with Crippen LogP contribution in [0.3, 0.4) is 0 Å².